The van der Waals surface area contributed by atoms with Crippen LogP contribution in [0, 0.1) is 5.92 Å². The highest BCUT2D eigenvalue weighted by molar-refractivity contribution is 8.00. The molecule has 1 aliphatic carbocycles. The van der Waals surface area contributed by atoms with Gasteiger partial charge in [0.2, 0.25) is 0 Å². The number of hydrogen-bond acceptors (Lipinski definition) is 2. The molecular weight excluding hydrogens is 202 g/mol. The van der Waals surface area contributed by atoms with Crippen molar-refractivity contribution in [2.45, 2.75) is 24.6 Å². The van der Waals surface area contributed by atoms with Crippen molar-refractivity contribution in [1.82, 2.24) is 5.32 Å². The molecule has 15 heavy (non-hydrogen) atoms. The number of thioether (sulfide) groups is 1. The van der Waals surface area contributed by atoms with Crippen LogP contribution in [0.1, 0.15) is 24.1 Å². The van der Waals surface area contributed by atoms with Crippen molar-refractivity contribution in [3.63, 3.8) is 0 Å². The number of fused-ring (bicyclic) bond motifs is 3. The second-order valence-electron chi connectivity index (χ2n) is 4.77. The van der Waals surface area contributed by atoms with Crippen molar-refractivity contribution in [1.29, 1.82) is 0 Å². The fraction of sp³-hybridized carbons (Fsp3) is 0.538. The Balaban J connectivity index is 1.91. The van der Waals surface area contributed by atoms with Gasteiger partial charge in [0.05, 0.1) is 0 Å². The molecule has 80 valence electrons. The van der Waals surface area contributed by atoms with Crippen molar-refractivity contribution in [3.05, 3.63) is 35.4 Å². The molecule has 0 radical (unpaired) electrons. The molecule has 1 aromatic rings. The van der Waals surface area contributed by atoms with E-state index in [1.54, 1.807) is 11.1 Å². The summed E-state index contributed by atoms with van der Waals surface area (Å²) < 4.78 is 0. The Labute approximate surface area is 95.6 Å². The van der Waals surface area contributed by atoms with E-state index < -0.39 is 0 Å². The van der Waals surface area contributed by atoms with Gasteiger partial charge in [-0.25, -0.2) is 0 Å². The van der Waals surface area contributed by atoms with Gasteiger partial charge in [0.1, 0.15) is 0 Å². The quantitative estimate of drug-likeness (QED) is 0.720. The van der Waals surface area contributed by atoms with Crippen LogP contribution < -0.4 is 5.32 Å². The van der Waals surface area contributed by atoms with Gasteiger partial charge in [0.15, 0.2) is 0 Å². The summed E-state index contributed by atoms with van der Waals surface area (Å²) in [6, 6.07) is 9.52. The highest BCUT2D eigenvalue weighted by atomic mass is 32.2. The predicted molar refractivity (Wildman–Crippen MR) is 66.3 cm³/mol. The molecular formula is C13H17NS. The van der Waals surface area contributed by atoms with Crippen LogP contribution in [0.3, 0.4) is 0 Å². The average Bonchev–Trinajstić information content (AvgIpc) is 2.51. The van der Waals surface area contributed by atoms with E-state index in [-0.39, 0.29) is 0 Å². The van der Waals surface area contributed by atoms with Gasteiger partial charge in [-0.05, 0) is 35.8 Å². The lowest BCUT2D eigenvalue weighted by molar-refractivity contribution is 0.498. The van der Waals surface area contributed by atoms with Crippen molar-refractivity contribution in [2.75, 3.05) is 12.3 Å². The molecule has 1 saturated heterocycles. The van der Waals surface area contributed by atoms with Crippen LogP contribution in [0.15, 0.2) is 24.3 Å². The van der Waals surface area contributed by atoms with Crippen LogP contribution in [0.5, 0.6) is 0 Å². The topological polar surface area (TPSA) is 12.0 Å². The van der Waals surface area contributed by atoms with Crippen LogP contribution in [-0.2, 0) is 6.42 Å². The Morgan fingerprint density at radius 1 is 1.33 bits per heavy atom. The molecule has 1 aromatic carbocycles. The number of rotatable bonds is 0. The van der Waals surface area contributed by atoms with Crippen LogP contribution >= 0.6 is 11.8 Å². The van der Waals surface area contributed by atoms with E-state index in [9.17, 15) is 0 Å². The lowest BCUT2D eigenvalue weighted by Crippen LogP contribution is -2.27. The average molecular weight is 219 g/mol. The molecule has 0 bridgehead atoms. The Morgan fingerprint density at radius 3 is 3.13 bits per heavy atom. The molecule has 2 heteroatoms. The molecule has 1 fully saturated rings. The first-order valence-corrected chi connectivity index (χ1v) is 6.82. The SMILES string of the molecule is CC1CNC2c3ccccc3CC2SC1. The minimum Gasteiger partial charge on any atom is -0.309 e. The van der Waals surface area contributed by atoms with Crippen molar-refractivity contribution < 1.29 is 0 Å². The fourth-order valence-corrected chi connectivity index (χ4v) is 4.06. The molecule has 3 rings (SSSR count). The van der Waals surface area contributed by atoms with Crippen LogP contribution in [0.25, 0.3) is 0 Å². The van der Waals surface area contributed by atoms with Gasteiger partial charge in [0.25, 0.3) is 0 Å². The second-order valence-corrected chi connectivity index (χ2v) is 6.04. The van der Waals surface area contributed by atoms with Gasteiger partial charge in [-0.15, -0.1) is 0 Å². The molecule has 0 saturated carbocycles. The standard InChI is InChI=1S/C13H17NS/c1-9-7-14-13-11-5-3-2-4-10(11)6-12(13)15-8-9/h2-5,9,12-14H,6-8H2,1H3. The molecule has 0 spiro atoms. The lowest BCUT2D eigenvalue weighted by atomic mass is 10.1. The highest BCUT2D eigenvalue weighted by Crippen LogP contribution is 2.40. The van der Waals surface area contributed by atoms with Gasteiger partial charge < -0.3 is 5.32 Å². The highest BCUT2D eigenvalue weighted by Gasteiger charge is 2.34. The second kappa shape index (κ2) is 3.84. The third kappa shape index (κ3) is 1.70. The van der Waals surface area contributed by atoms with Crippen molar-refractivity contribution in [2.24, 2.45) is 5.92 Å². The minimum absolute atomic E-state index is 0.608. The molecule has 1 nitrogen and oxygen atoms in total. The van der Waals surface area contributed by atoms with E-state index in [1.165, 1.54) is 18.7 Å². The van der Waals surface area contributed by atoms with E-state index in [2.05, 4.69) is 48.3 Å². The molecule has 1 N–H and O–H groups in total. The number of benzene rings is 1. The number of nitrogens with one attached hydrogen (secondary N) is 1. The molecule has 3 atom stereocenters. The fourth-order valence-electron chi connectivity index (χ4n) is 2.63. The molecule has 0 amide bonds. The van der Waals surface area contributed by atoms with Crippen molar-refractivity contribution >= 4 is 11.8 Å². The van der Waals surface area contributed by atoms with E-state index in [1.807, 2.05) is 0 Å². The van der Waals surface area contributed by atoms with E-state index in [0.717, 1.165) is 11.2 Å². The summed E-state index contributed by atoms with van der Waals surface area (Å²) in [7, 11) is 0. The maximum absolute atomic E-state index is 3.73. The minimum atomic E-state index is 0.608. The van der Waals surface area contributed by atoms with Gasteiger partial charge in [-0.2, -0.15) is 11.8 Å². The molecule has 0 aromatic heterocycles. The molecule has 1 aliphatic heterocycles. The first-order valence-electron chi connectivity index (χ1n) is 5.77. The van der Waals surface area contributed by atoms with E-state index in [4.69, 9.17) is 0 Å². The zero-order chi connectivity index (χ0) is 10.3. The first-order chi connectivity index (χ1) is 7.34. The van der Waals surface area contributed by atoms with Gasteiger partial charge >= 0.3 is 0 Å². The summed E-state index contributed by atoms with van der Waals surface area (Å²) >= 11 is 2.16. The van der Waals surface area contributed by atoms with E-state index in [0.29, 0.717) is 6.04 Å². The van der Waals surface area contributed by atoms with Gasteiger partial charge in [0, 0.05) is 11.3 Å². The molecule has 2 aliphatic rings. The molecule has 3 unspecified atom stereocenters. The smallest absolute Gasteiger partial charge is 0.0446 e. The summed E-state index contributed by atoms with van der Waals surface area (Å²) in [5.41, 5.74) is 3.10. The normalized spacial score (nSPS) is 34.3. The third-order valence-electron chi connectivity index (χ3n) is 3.46. The Bertz CT molecular complexity index is 363. The summed E-state index contributed by atoms with van der Waals surface area (Å²) in [5.74, 6) is 2.12. The summed E-state index contributed by atoms with van der Waals surface area (Å²) in [6.07, 6.45) is 1.26. The van der Waals surface area contributed by atoms with Crippen LogP contribution in [-0.4, -0.2) is 17.5 Å². The van der Waals surface area contributed by atoms with Crippen LogP contribution in [0.4, 0.5) is 0 Å². The monoisotopic (exact) mass is 219 g/mol. The maximum Gasteiger partial charge on any atom is 0.0446 e. The van der Waals surface area contributed by atoms with Crippen molar-refractivity contribution in [3.8, 4) is 0 Å². The van der Waals surface area contributed by atoms with Gasteiger partial charge in [-0.3, -0.25) is 0 Å². The Hall–Kier alpha value is -0.470. The number of hydrogen-bond donors (Lipinski definition) is 1. The third-order valence-corrected chi connectivity index (χ3v) is 5.09. The Morgan fingerprint density at radius 2 is 2.20 bits per heavy atom. The summed E-state index contributed by atoms with van der Waals surface area (Å²) in [5, 5.41) is 4.50. The van der Waals surface area contributed by atoms with Crippen LogP contribution in [0.2, 0.25) is 0 Å². The summed E-state index contributed by atoms with van der Waals surface area (Å²) in [6.45, 7) is 3.51. The lowest BCUT2D eigenvalue weighted by Gasteiger charge is -2.17. The summed E-state index contributed by atoms with van der Waals surface area (Å²) in [4.78, 5) is 0. The zero-order valence-electron chi connectivity index (χ0n) is 9.07. The van der Waals surface area contributed by atoms with Gasteiger partial charge in [-0.1, -0.05) is 31.2 Å². The largest absolute Gasteiger partial charge is 0.309 e. The Kier molecular flexibility index (Phi) is 2.49. The van der Waals surface area contributed by atoms with E-state index >= 15 is 0 Å². The predicted octanol–water partition coefficient (Wildman–Crippen LogP) is 2.62. The zero-order valence-corrected chi connectivity index (χ0v) is 9.89. The first kappa shape index (κ1) is 9.73. The maximum atomic E-state index is 3.73. The molecule has 1 heterocycles.